The lowest BCUT2D eigenvalue weighted by molar-refractivity contribution is 0.0490. The van der Waals surface area contributed by atoms with E-state index in [0.717, 1.165) is 0 Å². The zero-order chi connectivity index (χ0) is 20.7. The standard InChI is InChI=1S/C19H31NO6/c1-12(18(3,4)5)14(20)10-15(26-17(22)24-9)13(2)19(6,7)11-25-16(21)23-8/h10H,1,11,20H2,2-9H3/b14-10+,15-13-. The van der Waals surface area contributed by atoms with Crippen molar-refractivity contribution in [3.8, 4) is 0 Å². The number of hydrogen-bond acceptors (Lipinski definition) is 7. The Hall–Kier alpha value is -2.44. The first kappa shape index (κ1) is 23.6. The molecule has 0 aromatic rings. The monoisotopic (exact) mass is 369 g/mol. The van der Waals surface area contributed by atoms with Crippen LogP contribution in [-0.2, 0) is 18.9 Å². The second-order valence-electron chi connectivity index (χ2n) is 7.50. The fourth-order valence-corrected chi connectivity index (χ4v) is 1.75. The summed E-state index contributed by atoms with van der Waals surface area (Å²) in [5, 5.41) is 0. The van der Waals surface area contributed by atoms with Crippen LogP contribution in [0, 0.1) is 10.8 Å². The molecule has 0 aromatic carbocycles. The SMILES string of the molecule is C=C(/C(N)=C\C(OC(=O)OC)=C(/C)C(C)(C)COC(=O)OC)C(C)(C)C. The Balaban J connectivity index is 5.90. The molecule has 0 saturated carbocycles. The highest BCUT2D eigenvalue weighted by molar-refractivity contribution is 5.62. The number of hydrogen-bond donors (Lipinski definition) is 1. The van der Waals surface area contributed by atoms with Gasteiger partial charge in [-0.3, -0.25) is 0 Å². The minimum absolute atomic E-state index is 0.0213. The first-order valence-corrected chi connectivity index (χ1v) is 8.11. The Labute approximate surface area is 155 Å². The third-order valence-corrected chi connectivity index (χ3v) is 4.00. The van der Waals surface area contributed by atoms with Crippen LogP contribution in [0.25, 0.3) is 0 Å². The number of carbonyl (C=O) groups excluding carboxylic acids is 2. The maximum atomic E-state index is 11.6. The first-order valence-electron chi connectivity index (χ1n) is 8.11. The Kier molecular flexibility index (Phi) is 8.44. The van der Waals surface area contributed by atoms with Gasteiger partial charge in [-0.1, -0.05) is 41.2 Å². The van der Waals surface area contributed by atoms with Crippen molar-refractivity contribution >= 4 is 12.3 Å². The molecule has 0 aliphatic carbocycles. The summed E-state index contributed by atoms with van der Waals surface area (Å²) in [6.07, 6.45) is -0.147. The molecular formula is C19H31NO6. The molecule has 148 valence electrons. The van der Waals surface area contributed by atoms with Gasteiger partial charge in [-0.2, -0.15) is 0 Å². The molecule has 0 fully saturated rings. The normalized spacial score (nSPS) is 13.5. The molecule has 0 spiro atoms. The van der Waals surface area contributed by atoms with Crippen molar-refractivity contribution < 1.29 is 28.5 Å². The van der Waals surface area contributed by atoms with Crippen LogP contribution in [0.15, 0.2) is 35.3 Å². The van der Waals surface area contributed by atoms with Gasteiger partial charge in [-0.25, -0.2) is 9.59 Å². The Morgan fingerprint density at radius 3 is 1.96 bits per heavy atom. The molecule has 2 N–H and O–H groups in total. The number of ether oxygens (including phenoxy) is 4. The molecule has 0 radical (unpaired) electrons. The van der Waals surface area contributed by atoms with E-state index in [4.69, 9.17) is 15.2 Å². The fraction of sp³-hybridized carbons (Fsp3) is 0.579. The Bertz CT molecular complexity index is 608. The summed E-state index contributed by atoms with van der Waals surface area (Å²) in [4.78, 5) is 22.9. The van der Waals surface area contributed by atoms with Gasteiger partial charge in [0.15, 0.2) is 0 Å². The summed E-state index contributed by atoms with van der Waals surface area (Å²) in [7, 11) is 2.44. The van der Waals surface area contributed by atoms with Crippen molar-refractivity contribution in [1.29, 1.82) is 0 Å². The summed E-state index contributed by atoms with van der Waals surface area (Å²) in [5.41, 5.74) is 6.93. The minimum Gasteiger partial charge on any atom is -0.438 e. The maximum absolute atomic E-state index is 11.6. The van der Waals surface area contributed by atoms with E-state index in [2.05, 4.69) is 16.1 Å². The summed E-state index contributed by atoms with van der Waals surface area (Å²) in [6.45, 7) is 15.3. The van der Waals surface area contributed by atoms with E-state index < -0.39 is 17.7 Å². The molecular weight excluding hydrogens is 338 g/mol. The van der Waals surface area contributed by atoms with Crippen LogP contribution in [-0.4, -0.2) is 33.1 Å². The van der Waals surface area contributed by atoms with Gasteiger partial charge in [-0.15, -0.1) is 0 Å². The molecule has 7 heteroatoms. The zero-order valence-electron chi connectivity index (χ0n) is 17.0. The molecule has 0 aliphatic rings. The van der Waals surface area contributed by atoms with Gasteiger partial charge in [0.1, 0.15) is 12.4 Å². The average molecular weight is 369 g/mol. The fourth-order valence-electron chi connectivity index (χ4n) is 1.75. The third-order valence-electron chi connectivity index (χ3n) is 4.00. The number of allylic oxidation sites excluding steroid dienone is 2. The lowest BCUT2D eigenvalue weighted by Crippen LogP contribution is -2.25. The number of carbonyl (C=O) groups is 2. The molecule has 0 atom stereocenters. The van der Waals surface area contributed by atoms with E-state index in [1.807, 2.05) is 34.6 Å². The molecule has 0 aliphatic heterocycles. The van der Waals surface area contributed by atoms with Crippen LogP contribution in [0.4, 0.5) is 9.59 Å². The smallest absolute Gasteiger partial charge is 0.438 e. The first-order chi connectivity index (χ1) is 11.8. The Morgan fingerprint density at radius 2 is 1.54 bits per heavy atom. The topological polar surface area (TPSA) is 97.1 Å². The summed E-state index contributed by atoms with van der Waals surface area (Å²) < 4.78 is 19.3. The van der Waals surface area contributed by atoms with Crippen LogP contribution in [0.5, 0.6) is 0 Å². The predicted molar refractivity (Wildman–Crippen MR) is 99.2 cm³/mol. The van der Waals surface area contributed by atoms with E-state index in [1.165, 1.54) is 20.3 Å². The van der Waals surface area contributed by atoms with E-state index in [1.54, 1.807) is 6.92 Å². The Morgan fingerprint density at radius 1 is 1.04 bits per heavy atom. The van der Waals surface area contributed by atoms with Crippen molar-refractivity contribution in [1.82, 2.24) is 0 Å². The van der Waals surface area contributed by atoms with Gasteiger partial charge in [0.05, 0.1) is 14.2 Å². The highest BCUT2D eigenvalue weighted by Crippen LogP contribution is 2.32. The molecule has 0 rings (SSSR count). The lowest BCUT2D eigenvalue weighted by Gasteiger charge is -2.27. The minimum atomic E-state index is -0.880. The van der Waals surface area contributed by atoms with Gasteiger partial charge in [-0.05, 0) is 23.5 Å². The van der Waals surface area contributed by atoms with Gasteiger partial charge in [0.2, 0.25) is 0 Å². The summed E-state index contributed by atoms with van der Waals surface area (Å²) >= 11 is 0. The molecule has 0 saturated heterocycles. The number of nitrogens with two attached hydrogens (primary N) is 1. The van der Waals surface area contributed by atoms with Gasteiger partial charge >= 0.3 is 12.3 Å². The van der Waals surface area contributed by atoms with E-state index in [0.29, 0.717) is 16.8 Å². The average Bonchev–Trinajstić information content (AvgIpc) is 2.56. The third kappa shape index (κ3) is 7.21. The van der Waals surface area contributed by atoms with Gasteiger partial charge in [0, 0.05) is 17.2 Å². The summed E-state index contributed by atoms with van der Waals surface area (Å²) in [6, 6.07) is 0. The van der Waals surface area contributed by atoms with E-state index >= 15 is 0 Å². The molecule has 0 unspecified atom stereocenters. The van der Waals surface area contributed by atoms with Crippen LogP contribution < -0.4 is 5.73 Å². The largest absolute Gasteiger partial charge is 0.513 e. The van der Waals surface area contributed by atoms with Crippen LogP contribution >= 0.6 is 0 Å². The van der Waals surface area contributed by atoms with Crippen molar-refractivity contribution in [3.63, 3.8) is 0 Å². The van der Waals surface area contributed by atoms with E-state index in [-0.39, 0.29) is 17.8 Å². The van der Waals surface area contributed by atoms with Crippen LogP contribution in [0.3, 0.4) is 0 Å². The second-order valence-corrected chi connectivity index (χ2v) is 7.50. The van der Waals surface area contributed by atoms with Crippen molar-refractivity contribution in [2.24, 2.45) is 16.6 Å². The van der Waals surface area contributed by atoms with E-state index in [9.17, 15) is 9.59 Å². The second kappa shape index (κ2) is 9.31. The van der Waals surface area contributed by atoms with Crippen LogP contribution in [0.1, 0.15) is 41.5 Å². The maximum Gasteiger partial charge on any atom is 0.513 e. The highest BCUT2D eigenvalue weighted by atomic mass is 16.7. The quantitative estimate of drug-likeness (QED) is 0.423. The number of methoxy groups -OCH3 is 2. The van der Waals surface area contributed by atoms with Gasteiger partial charge in [0.25, 0.3) is 0 Å². The molecule has 26 heavy (non-hydrogen) atoms. The molecule has 7 nitrogen and oxygen atoms in total. The zero-order valence-corrected chi connectivity index (χ0v) is 17.0. The van der Waals surface area contributed by atoms with Crippen LogP contribution in [0.2, 0.25) is 0 Å². The molecule has 0 aromatic heterocycles. The summed E-state index contributed by atoms with van der Waals surface area (Å²) in [5.74, 6) is 0.207. The van der Waals surface area contributed by atoms with Crippen molar-refractivity contribution in [3.05, 3.63) is 35.3 Å². The molecule has 0 bridgehead atoms. The van der Waals surface area contributed by atoms with Gasteiger partial charge < -0.3 is 24.7 Å². The number of rotatable bonds is 6. The predicted octanol–water partition coefficient (Wildman–Crippen LogP) is 4.30. The lowest BCUT2D eigenvalue weighted by atomic mass is 9.83. The highest BCUT2D eigenvalue weighted by Gasteiger charge is 2.28. The molecule has 0 heterocycles. The van der Waals surface area contributed by atoms with Crippen molar-refractivity contribution in [2.45, 2.75) is 41.5 Å². The van der Waals surface area contributed by atoms with Crippen molar-refractivity contribution in [2.75, 3.05) is 20.8 Å². The molecule has 0 amide bonds.